The molecule has 4 rings (SSSR count). The maximum atomic E-state index is 11.7. The van der Waals surface area contributed by atoms with Crippen molar-refractivity contribution < 1.29 is 5.11 Å². The summed E-state index contributed by atoms with van der Waals surface area (Å²) < 4.78 is 0. The summed E-state index contributed by atoms with van der Waals surface area (Å²) in [4.78, 5) is 2.33. The van der Waals surface area contributed by atoms with Gasteiger partial charge in [0.05, 0.1) is 6.04 Å². The molecule has 2 nitrogen and oxygen atoms in total. The van der Waals surface area contributed by atoms with E-state index in [1.54, 1.807) is 0 Å². The Morgan fingerprint density at radius 3 is 1.91 bits per heavy atom. The van der Waals surface area contributed by atoms with Crippen molar-refractivity contribution >= 4 is 0 Å². The van der Waals surface area contributed by atoms with Crippen LogP contribution in [0.3, 0.4) is 0 Å². The van der Waals surface area contributed by atoms with Gasteiger partial charge in [-0.1, -0.05) is 60.7 Å². The third-order valence-electron chi connectivity index (χ3n) is 4.74. The molecule has 0 aromatic heterocycles. The first-order chi connectivity index (χ1) is 11.3. The van der Waals surface area contributed by atoms with Gasteiger partial charge < -0.3 is 5.11 Å². The first kappa shape index (κ1) is 14.9. The van der Waals surface area contributed by atoms with Crippen LogP contribution in [0, 0.1) is 31.6 Å². The normalized spacial score (nSPS) is 24.7. The Hall–Kier alpha value is -1.64. The molecule has 23 heavy (non-hydrogen) atoms. The molecule has 2 aliphatic rings. The van der Waals surface area contributed by atoms with Crippen LogP contribution in [-0.2, 0) is 5.60 Å². The zero-order valence-corrected chi connectivity index (χ0v) is 13.0. The summed E-state index contributed by atoms with van der Waals surface area (Å²) in [6, 6.07) is 20.1. The van der Waals surface area contributed by atoms with Gasteiger partial charge >= 0.3 is 0 Å². The molecule has 115 valence electrons. The Labute approximate surface area is 138 Å². The van der Waals surface area contributed by atoms with E-state index in [-0.39, 0.29) is 6.04 Å². The summed E-state index contributed by atoms with van der Waals surface area (Å²) in [6.45, 7) is 1.80. The molecular formula is C21H20NO. The first-order valence-corrected chi connectivity index (χ1v) is 8.06. The first-order valence-electron chi connectivity index (χ1n) is 8.06. The molecule has 0 spiro atoms. The lowest BCUT2D eigenvalue weighted by Gasteiger charge is -2.30. The summed E-state index contributed by atoms with van der Waals surface area (Å²) in [6.07, 6.45) is 8.40. The van der Waals surface area contributed by atoms with Crippen LogP contribution < -0.4 is 0 Å². The van der Waals surface area contributed by atoms with Crippen molar-refractivity contribution in [2.45, 2.75) is 11.6 Å². The van der Waals surface area contributed by atoms with Crippen molar-refractivity contribution in [3.63, 3.8) is 0 Å². The number of rotatable bonds is 5. The molecule has 1 heterocycles. The molecule has 5 radical (unpaired) electrons. The highest BCUT2D eigenvalue weighted by Gasteiger charge is 2.52. The molecular weight excluding hydrogens is 282 g/mol. The second kappa shape index (κ2) is 6.10. The zero-order chi connectivity index (χ0) is 15.7. The van der Waals surface area contributed by atoms with Crippen LogP contribution in [0.2, 0.25) is 0 Å². The van der Waals surface area contributed by atoms with Crippen LogP contribution in [0.4, 0.5) is 0 Å². The highest BCUT2D eigenvalue weighted by molar-refractivity contribution is 5.42. The van der Waals surface area contributed by atoms with Crippen molar-refractivity contribution in [3.8, 4) is 0 Å². The predicted octanol–water partition coefficient (Wildman–Crippen LogP) is 3.01. The monoisotopic (exact) mass is 302 g/mol. The van der Waals surface area contributed by atoms with Crippen molar-refractivity contribution in [2.75, 3.05) is 13.1 Å². The Balaban J connectivity index is 1.62. The quantitative estimate of drug-likeness (QED) is 0.858. The van der Waals surface area contributed by atoms with Gasteiger partial charge in [-0.05, 0) is 42.7 Å². The smallest absolute Gasteiger partial charge is 0.131 e. The van der Waals surface area contributed by atoms with Crippen LogP contribution in [0.5, 0.6) is 0 Å². The van der Waals surface area contributed by atoms with Gasteiger partial charge in [0, 0.05) is 13.1 Å². The molecule has 2 atom stereocenters. The lowest BCUT2D eigenvalue weighted by Crippen LogP contribution is -2.36. The van der Waals surface area contributed by atoms with Gasteiger partial charge in [0.15, 0.2) is 0 Å². The number of hydrogen-bond acceptors (Lipinski definition) is 2. The van der Waals surface area contributed by atoms with E-state index < -0.39 is 5.60 Å². The van der Waals surface area contributed by atoms with Crippen molar-refractivity contribution in [1.29, 1.82) is 0 Å². The van der Waals surface area contributed by atoms with Crippen molar-refractivity contribution in [2.24, 2.45) is 0 Å². The Bertz CT molecular complexity index is 594. The van der Waals surface area contributed by atoms with Gasteiger partial charge in [-0.2, -0.15) is 0 Å². The third-order valence-corrected chi connectivity index (χ3v) is 4.74. The molecule has 1 aliphatic carbocycles. The number of benzene rings is 2. The number of nitrogens with zero attached hydrogens (tertiary/aromatic N) is 1. The average molecular weight is 302 g/mol. The molecule has 2 fully saturated rings. The summed E-state index contributed by atoms with van der Waals surface area (Å²) in [5.74, 6) is 1.30. The summed E-state index contributed by atoms with van der Waals surface area (Å²) in [5, 5.41) is 11.7. The van der Waals surface area contributed by atoms with E-state index >= 15 is 0 Å². The summed E-state index contributed by atoms with van der Waals surface area (Å²) in [5.41, 5.74) is 0.956. The van der Waals surface area contributed by atoms with E-state index in [1.807, 2.05) is 60.7 Å². The fraction of sp³-hybridized carbons (Fsp3) is 0.190. The minimum absolute atomic E-state index is 0.113. The summed E-state index contributed by atoms with van der Waals surface area (Å²) >= 11 is 0. The molecule has 1 saturated heterocycles. The molecule has 1 unspecified atom stereocenters. The summed E-state index contributed by atoms with van der Waals surface area (Å²) in [7, 11) is 0. The minimum atomic E-state index is -0.963. The van der Waals surface area contributed by atoms with Gasteiger partial charge in [-0.15, -0.1) is 0 Å². The van der Waals surface area contributed by atoms with E-state index in [4.69, 9.17) is 0 Å². The molecule has 0 bridgehead atoms. The topological polar surface area (TPSA) is 23.2 Å². The predicted molar refractivity (Wildman–Crippen MR) is 91.7 cm³/mol. The Morgan fingerprint density at radius 2 is 1.39 bits per heavy atom. The van der Waals surface area contributed by atoms with E-state index in [1.165, 1.54) is 5.92 Å². The molecule has 2 aromatic carbocycles. The lowest BCUT2D eigenvalue weighted by molar-refractivity contribution is 0.0653. The highest BCUT2D eigenvalue weighted by atomic mass is 16.3. The van der Waals surface area contributed by atoms with Crippen LogP contribution >= 0.6 is 0 Å². The fourth-order valence-corrected chi connectivity index (χ4v) is 3.44. The van der Waals surface area contributed by atoms with E-state index in [2.05, 4.69) is 30.6 Å². The minimum Gasteiger partial charge on any atom is -0.379 e. The van der Waals surface area contributed by atoms with Gasteiger partial charge in [0.2, 0.25) is 0 Å². The van der Waals surface area contributed by atoms with Crippen LogP contribution in [0.25, 0.3) is 0 Å². The van der Waals surface area contributed by atoms with Crippen LogP contribution in [0.15, 0.2) is 60.7 Å². The molecule has 2 aromatic rings. The molecule has 0 amide bonds. The largest absolute Gasteiger partial charge is 0.379 e. The Morgan fingerprint density at radius 1 is 0.870 bits per heavy atom. The van der Waals surface area contributed by atoms with Gasteiger partial charge in [-0.25, -0.2) is 0 Å². The Kier molecular flexibility index (Phi) is 3.96. The fourth-order valence-electron chi connectivity index (χ4n) is 3.44. The van der Waals surface area contributed by atoms with Crippen molar-refractivity contribution in [1.82, 2.24) is 4.90 Å². The lowest BCUT2D eigenvalue weighted by atomic mass is 9.83. The van der Waals surface area contributed by atoms with Crippen molar-refractivity contribution in [3.05, 3.63) is 103 Å². The molecule has 1 N–H and O–H groups in total. The zero-order valence-electron chi connectivity index (χ0n) is 13.0. The second-order valence-electron chi connectivity index (χ2n) is 6.24. The SMILES string of the molecule is OC(c1ccccc1)(c1ccccc1)[C@@H]1CN1C[C]1[CH][CH][CH][CH]1. The van der Waals surface area contributed by atoms with Crippen LogP contribution in [-0.4, -0.2) is 29.1 Å². The standard InChI is InChI=1S/C21H20NO/c23-21(18-11-3-1-4-12-18,19-13-5-2-6-14-19)20-16-22(20)15-17-9-7-8-10-17/h1-14,20,23H,15-16H2/t20-,22?/m0/s1. The van der Waals surface area contributed by atoms with E-state index in [9.17, 15) is 5.11 Å². The molecule has 2 heteroatoms. The maximum absolute atomic E-state index is 11.7. The van der Waals surface area contributed by atoms with E-state index in [0.29, 0.717) is 0 Å². The number of aliphatic hydroxyl groups is 1. The van der Waals surface area contributed by atoms with Gasteiger partial charge in [0.25, 0.3) is 0 Å². The third kappa shape index (κ3) is 2.82. The number of hydrogen-bond donors (Lipinski definition) is 1. The average Bonchev–Trinajstić information content (AvgIpc) is 3.19. The molecule has 1 aliphatic heterocycles. The second-order valence-corrected chi connectivity index (χ2v) is 6.24. The highest BCUT2D eigenvalue weighted by Crippen LogP contribution is 2.43. The molecule has 1 saturated carbocycles. The van der Waals surface area contributed by atoms with Gasteiger partial charge in [0.1, 0.15) is 5.60 Å². The maximum Gasteiger partial charge on any atom is 0.131 e. The van der Waals surface area contributed by atoms with E-state index in [0.717, 1.165) is 24.2 Å². The van der Waals surface area contributed by atoms with Gasteiger partial charge in [-0.3, -0.25) is 4.90 Å². The van der Waals surface area contributed by atoms with Crippen LogP contribution in [0.1, 0.15) is 11.1 Å².